The van der Waals surface area contributed by atoms with Crippen LogP contribution >= 0.6 is 11.6 Å². The maximum Gasteiger partial charge on any atom is 0.417 e. The minimum atomic E-state index is -4.66. The van der Waals surface area contributed by atoms with Gasteiger partial charge in [-0.1, -0.05) is 23.7 Å². The number of benzene rings is 1. The molecule has 0 spiro atoms. The standard InChI is InChI=1S/C19H13ClF3N3O5/c1-9(26-16(28)11-4-2-3-5-12(11)17(26)29)18(30)31-8-14(27)25-15-13(20)6-10(7-24-15)19(21,22)23/h2-7,9H,8H2,1H3,(H,24,25,27). The molecule has 0 aliphatic carbocycles. The second-order valence-electron chi connectivity index (χ2n) is 6.41. The number of anilines is 1. The summed E-state index contributed by atoms with van der Waals surface area (Å²) in [5.74, 6) is -3.66. The average Bonchev–Trinajstić information content (AvgIpc) is 2.97. The molecule has 0 saturated carbocycles. The van der Waals surface area contributed by atoms with Gasteiger partial charge in [0.2, 0.25) is 0 Å². The molecule has 1 atom stereocenters. The number of imide groups is 1. The minimum absolute atomic E-state index is 0.146. The monoisotopic (exact) mass is 455 g/mol. The Morgan fingerprint density at radius 2 is 1.77 bits per heavy atom. The molecule has 3 amide bonds. The first-order valence-electron chi connectivity index (χ1n) is 8.67. The Morgan fingerprint density at radius 1 is 1.19 bits per heavy atom. The molecule has 3 rings (SSSR count). The summed E-state index contributed by atoms with van der Waals surface area (Å²) < 4.78 is 42.7. The lowest BCUT2D eigenvalue weighted by atomic mass is 10.1. The topological polar surface area (TPSA) is 106 Å². The van der Waals surface area contributed by atoms with E-state index in [0.717, 1.165) is 4.90 Å². The van der Waals surface area contributed by atoms with Crippen LogP contribution in [0, 0.1) is 0 Å². The van der Waals surface area contributed by atoms with Crippen molar-refractivity contribution < 1.29 is 37.1 Å². The van der Waals surface area contributed by atoms with E-state index in [9.17, 15) is 32.3 Å². The molecular formula is C19H13ClF3N3O5. The summed E-state index contributed by atoms with van der Waals surface area (Å²) in [6.45, 7) is 0.418. The van der Waals surface area contributed by atoms with Crippen molar-refractivity contribution in [2.45, 2.75) is 19.1 Å². The molecule has 0 fully saturated rings. The molecule has 1 N–H and O–H groups in total. The number of nitrogens with zero attached hydrogens (tertiary/aromatic N) is 2. The molecule has 2 heterocycles. The summed E-state index contributed by atoms with van der Waals surface area (Å²) >= 11 is 5.69. The van der Waals surface area contributed by atoms with Gasteiger partial charge in [-0.3, -0.25) is 19.3 Å². The lowest BCUT2D eigenvalue weighted by Crippen LogP contribution is -2.44. The zero-order valence-corrected chi connectivity index (χ0v) is 16.5. The van der Waals surface area contributed by atoms with Gasteiger partial charge in [-0.2, -0.15) is 13.2 Å². The first-order valence-corrected chi connectivity index (χ1v) is 9.04. The number of nitrogens with one attached hydrogen (secondary N) is 1. The van der Waals surface area contributed by atoms with Crippen LogP contribution in [-0.2, 0) is 20.5 Å². The molecule has 1 aromatic carbocycles. The van der Waals surface area contributed by atoms with Gasteiger partial charge in [0.05, 0.1) is 21.7 Å². The van der Waals surface area contributed by atoms with E-state index in [4.69, 9.17) is 16.3 Å². The molecule has 31 heavy (non-hydrogen) atoms. The molecule has 1 unspecified atom stereocenters. The number of rotatable bonds is 5. The van der Waals surface area contributed by atoms with Gasteiger partial charge in [-0.15, -0.1) is 0 Å². The molecule has 2 aromatic rings. The van der Waals surface area contributed by atoms with Gasteiger partial charge in [-0.05, 0) is 25.1 Å². The van der Waals surface area contributed by atoms with Crippen LogP contribution in [0.2, 0.25) is 5.02 Å². The Labute approximate surface area is 177 Å². The molecular weight excluding hydrogens is 443 g/mol. The zero-order valence-electron chi connectivity index (χ0n) is 15.7. The third kappa shape index (κ3) is 4.50. The van der Waals surface area contributed by atoms with Gasteiger partial charge in [0.1, 0.15) is 6.04 Å². The van der Waals surface area contributed by atoms with Gasteiger partial charge in [-0.25, -0.2) is 9.78 Å². The van der Waals surface area contributed by atoms with Crippen LogP contribution in [0.4, 0.5) is 19.0 Å². The van der Waals surface area contributed by atoms with Crippen molar-refractivity contribution in [2.75, 3.05) is 11.9 Å². The zero-order chi connectivity index (χ0) is 22.9. The lowest BCUT2D eigenvalue weighted by molar-refractivity contribution is -0.150. The highest BCUT2D eigenvalue weighted by atomic mass is 35.5. The van der Waals surface area contributed by atoms with Crippen LogP contribution < -0.4 is 5.32 Å². The van der Waals surface area contributed by atoms with Gasteiger partial charge in [0, 0.05) is 6.20 Å². The maximum atomic E-state index is 12.6. The summed E-state index contributed by atoms with van der Waals surface area (Å²) in [4.78, 5) is 53.1. The first kappa shape index (κ1) is 22.2. The number of esters is 1. The number of alkyl halides is 3. The summed E-state index contributed by atoms with van der Waals surface area (Å²) in [6.07, 6.45) is -4.17. The van der Waals surface area contributed by atoms with Crippen molar-refractivity contribution >= 4 is 41.1 Å². The number of hydrogen-bond acceptors (Lipinski definition) is 6. The number of fused-ring (bicyclic) bond motifs is 1. The normalized spacial score (nSPS) is 14.3. The number of aromatic nitrogens is 1. The van der Waals surface area contributed by atoms with E-state index in [1.807, 2.05) is 0 Å². The van der Waals surface area contributed by atoms with Gasteiger partial charge >= 0.3 is 12.1 Å². The van der Waals surface area contributed by atoms with Crippen LogP contribution in [0.15, 0.2) is 36.5 Å². The van der Waals surface area contributed by atoms with Gasteiger partial charge in [0.15, 0.2) is 12.4 Å². The molecule has 12 heteroatoms. The molecule has 0 radical (unpaired) electrons. The van der Waals surface area contributed by atoms with E-state index in [2.05, 4.69) is 10.3 Å². The predicted molar refractivity (Wildman–Crippen MR) is 100 cm³/mol. The maximum absolute atomic E-state index is 12.6. The number of halogens is 4. The average molecular weight is 456 g/mol. The fourth-order valence-electron chi connectivity index (χ4n) is 2.78. The van der Waals surface area contributed by atoms with E-state index < -0.39 is 53.1 Å². The summed E-state index contributed by atoms with van der Waals surface area (Å²) in [5, 5.41) is 1.65. The van der Waals surface area contributed by atoms with E-state index >= 15 is 0 Å². The van der Waals surface area contributed by atoms with E-state index in [-0.39, 0.29) is 16.9 Å². The largest absolute Gasteiger partial charge is 0.454 e. The van der Waals surface area contributed by atoms with Gasteiger partial charge < -0.3 is 10.1 Å². The van der Waals surface area contributed by atoms with Crippen molar-refractivity contribution in [2.24, 2.45) is 0 Å². The number of carbonyl (C=O) groups excluding carboxylic acids is 4. The fraction of sp³-hybridized carbons (Fsp3) is 0.211. The van der Waals surface area contributed by atoms with E-state index in [0.29, 0.717) is 12.3 Å². The Morgan fingerprint density at radius 3 is 2.29 bits per heavy atom. The molecule has 0 bridgehead atoms. The van der Waals surface area contributed by atoms with Crippen LogP contribution in [0.1, 0.15) is 33.2 Å². The molecule has 0 saturated heterocycles. The number of carbonyl (C=O) groups is 4. The molecule has 162 valence electrons. The van der Waals surface area contributed by atoms with Crippen molar-refractivity contribution in [1.82, 2.24) is 9.88 Å². The van der Waals surface area contributed by atoms with E-state index in [1.54, 1.807) is 12.1 Å². The highest BCUT2D eigenvalue weighted by molar-refractivity contribution is 6.33. The number of pyridine rings is 1. The highest BCUT2D eigenvalue weighted by Crippen LogP contribution is 2.32. The number of amides is 3. The Hall–Kier alpha value is -3.47. The van der Waals surface area contributed by atoms with Gasteiger partial charge in [0.25, 0.3) is 17.7 Å². The Balaban J connectivity index is 1.59. The summed E-state index contributed by atoms with van der Waals surface area (Å²) in [5.41, 5.74) is -0.808. The molecule has 8 nitrogen and oxygen atoms in total. The fourth-order valence-corrected chi connectivity index (χ4v) is 2.99. The second kappa shape index (κ2) is 8.34. The third-order valence-electron chi connectivity index (χ3n) is 4.33. The summed E-state index contributed by atoms with van der Waals surface area (Å²) in [6, 6.07) is 5.31. The van der Waals surface area contributed by atoms with Crippen molar-refractivity contribution in [3.8, 4) is 0 Å². The van der Waals surface area contributed by atoms with E-state index in [1.165, 1.54) is 19.1 Å². The molecule has 1 aromatic heterocycles. The van der Waals surface area contributed by atoms with Crippen LogP contribution in [0.3, 0.4) is 0 Å². The molecule has 1 aliphatic rings. The quantitative estimate of drug-likeness (QED) is 0.549. The number of ether oxygens (including phenoxy) is 1. The SMILES string of the molecule is CC(C(=O)OCC(=O)Nc1ncc(C(F)(F)F)cc1Cl)N1C(=O)c2ccccc2C1=O. The summed E-state index contributed by atoms with van der Waals surface area (Å²) in [7, 11) is 0. The van der Waals surface area contributed by atoms with Crippen LogP contribution in [-0.4, -0.2) is 46.2 Å². The predicted octanol–water partition coefficient (Wildman–Crippen LogP) is 2.92. The molecule has 1 aliphatic heterocycles. The Bertz CT molecular complexity index is 1050. The lowest BCUT2D eigenvalue weighted by Gasteiger charge is -2.20. The minimum Gasteiger partial charge on any atom is -0.454 e. The van der Waals surface area contributed by atoms with Crippen LogP contribution in [0.5, 0.6) is 0 Å². The van der Waals surface area contributed by atoms with Crippen molar-refractivity contribution in [3.63, 3.8) is 0 Å². The smallest absolute Gasteiger partial charge is 0.417 e. The number of hydrogen-bond donors (Lipinski definition) is 1. The first-order chi connectivity index (χ1) is 14.5. The second-order valence-corrected chi connectivity index (χ2v) is 6.82. The highest BCUT2D eigenvalue weighted by Gasteiger charge is 2.41. The van der Waals surface area contributed by atoms with Crippen molar-refractivity contribution in [1.29, 1.82) is 0 Å². The van der Waals surface area contributed by atoms with Crippen molar-refractivity contribution in [3.05, 3.63) is 58.2 Å². The third-order valence-corrected chi connectivity index (χ3v) is 4.61. The van der Waals surface area contributed by atoms with Crippen LogP contribution in [0.25, 0.3) is 0 Å². The Kier molecular flexibility index (Phi) is 5.98.